The van der Waals surface area contributed by atoms with Gasteiger partial charge in [-0.25, -0.2) is 4.98 Å². The molecule has 0 amide bonds. The van der Waals surface area contributed by atoms with Gasteiger partial charge in [-0.3, -0.25) is 0 Å². The van der Waals surface area contributed by atoms with Crippen molar-refractivity contribution >= 4 is 16.5 Å². The van der Waals surface area contributed by atoms with Gasteiger partial charge in [-0.1, -0.05) is 13.8 Å². The zero-order chi connectivity index (χ0) is 12.3. The van der Waals surface area contributed by atoms with Crippen molar-refractivity contribution in [2.75, 3.05) is 25.0 Å². The van der Waals surface area contributed by atoms with Crippen LogP contribution in [0.5, 0.6) is 0 Å². The molecule has 0 aliphatic carbocycles. The lowest BCUT2D eigenvalue weighted by atomic mass is 9.82. The number of nitrogens with one attached hydrogen (secondary N) is 1. The molecule has 3 nitrogen and oxygen atoms in total. The zero-order valence-corrected chi connectivity index (χ0v) is 11.9. The van der Waals surface area contributed by atoms with Gasteiger partial charge >= 0.3 is 0 Å². The summed E-state index contributed by atoms with van der Waals surface area (Å²) in [5.41, 5.74) is 1.70. The third kappa shape index (κ3) is 2.63. The molecule has 0 spiro atoms. The van der Waals surface area contributed by atoms with Crippen LogP contribution in [0.1, 0.15) is 38.8 Å². The summed E-state index contributed by atoms with van der Waals surface area (Å²) < 4.78 is 0. The van der Waals surface area contributed by atoms with Crippen molar-refractivity contribution in [3.63, 3.8) is 0 Å². The lowest BCUT2D eigenvalue weighted by molar-refractivity contribution is 0.301. The SMILES string of the molecule is CCC1(CC)CCN(c2nc(CNC)cs2)C1. The van der Waals surface area contributed by atoms with Gasteiger partial charge in [0.05, 0.1) is 5.69 Å². The molecule has 1 N–H and O–H groups in total. The Kier molecular flexibility index (Phi) is 4.05. The molecule has 1 aromatic rings. The fourth-order valence-electron chi connectivity index (χ4n) is 2.63. The maximum absolute atomic E-state index is 4.70. The Morgan fingerprint density at radius 2 is 2.24 bits per heavy atom. The fourth-order valence-corrected chi connectivity index (χ4v) is 3.48. The maximum atomic E-state index is 4.70. The summed E-state index contributed by atoms with van der Waals surface area (Å²) in [6, 6.07) is 0. The van der Waals surface area contributed by atoms with Crippen LogP contribution in [0, 0.1) is 5.41 Å². The molecule has 0 saturated carbocycles. The number of nitrogens with zero attached hydrogens (tertiary/aromatic N) is 2. The Balaban J connectivity index is 2.04. The van der Waals surface area contributed by atoms with Crippen LogP contribution in [0.3, 0.4) is 0 Å². The number of hydrogen-bond acceptors (Lipinski definition) is 4. The van der Waals surface area contributed by atoms with Crippen molar-refractivity contribution in [2.45, 2.75) is 39.7 Å². The summed E-state index contributed by atoms with van der Waals surface area (Å²) in [5.74, 6) is 0. The first-order chi connectivity index (χ1) is 8.23. The molecule has 0 bridgehead atoms. The summed E-state index contributed by atoms with van der Waals surface area (Å²) in [7, 11) is 1.97. The molecular formula is C13H23N3S. The van der Waals surface area contributed by atoms with Crippen LogP contribution < -0.4 is 10.2 Å². The molecule has 0 atom stereocenters. The summed E-state index contributed by atoms with van der Waals surface area (Å²) in [5, 5.41) is 6.53. The van der Waals surface area contributed by atoms with E-state index in [0.717, 1.165) is 12.2 Å². The van der Waals surface area contributed by atoms with Crippen LogP contribution in [0.2, 0.25) is 0 Å². The van der Waals surface area contributed by atoms with Gasteiger partial charge in [0.15, 0.2) is 5.13 Å². The van der Waals surface area contributed by atoms with Crippen LogP contribution in [-0.2, 0) is 6.54 Å². The monoisotopic (exact) mass is 253 g/mol. The van der Waals surface area contributed by atoms with Crippen LogP contribution in [0.25, 0.3) is 0 Å². The van der Waals surface area contributed by atoms with Crippen molar-refractivity contribution in [2.24, 2.45) is 5.41 Å². The van der Waals surface area contributed by atoms with Gasteiger partial charge in [0.25, 0.3) is 0 Å². The van der Waals surface area contributed by atoms with Crippen molar-refractivity contribution in [3.8, 4) is 0 Å². The van der Waals surface area contributed by atoms with Gasteiger partial charge in [0.1, 0.15) is 0 Å². The highest BCUT2D eigenvalue weighted by molar-refractivity contribution is 7.13. The summed E-state index contributed by atoms with van der Waals surface area (Å²) >= 11 is 1.78. The standard InChI is InChI=1S/C13H23N3S/c1-4-13(5-2)6-7-16(10-13)12-15-11(8-14-3)9-17-12/h9,14H,4-8,10H2,1-3H3. The highest BCUT2D eigenvalue weighted by atomic mass is 32.1. The van der Waals surface area contributed by atoms with Crippen LogP contribution >= 0.6 is 11.3 Å². The lowest BCUT2D eigenvalue weighted by Crippen LogP contribution is -2.26. The van der Waals surface area contributed by atoms with E-state index < -0.39 is 0 Å². The van der Waals surface area contributed by atoms with Crippen LogP contribution in [-0.4, -0.2) is 25.1 Å². The van der Waals surface area contributed by atoms with E-state index in [9.17, 15) is 0 Å². The predicted octanol–water partition coefficient (Wildman–Crippen LogP) is 2.88. The van der Waals surface area contributed by atoms with E-state index in [1.54, 1.807) is 11.3 Å². The molecule has 0 unspecified atom stereocenters. The summed E-state index contributed by atoms with van der Waals surface area (Å²) in [6.07, 6.45) is 3.89. The second-order valence-corrected chi connectivity index (χ2v) is 5.87. The minimum atomic E-state index is 0.537. The molecule has 2 rings (SSSR count). The molecule has 2 heterocycles. The summed E-state index contributed by atoms with van der Waals surface area (Å²) in [4.78, 5) is 7.17. The predicted molar refractivity (Wildman–Crippen MR) is 74.7 cm³/mol. The van der Waals surface area contributed by atoms with Gasteiger partial charge in [0.2, 0.25) is 0 Å². The Labute approximate surface area is 108 Å². The molecule has 1 saturated heterocycles. The Morgan fingerprint density at radius 3 is 2.82 bits per heavy atom. The van der Waals surface area contributed by atoms with E-state index in [-0.39, 0.29) is 0 Å². The Bertz CT molecular complexity index is 357. The Hall–Kier alpha value is -0.610. The van der Waals surface area contributed by atoms with Gasteiger partial charge in [-0.15, -0.1) is 11.3 Å². The molecule has 4 heteroatoms. The van der Waals surface area contributed by atoms with E-state index >= 15 is 0 Å². The first-order valence-corrected chi connectivity index (χ1v) is 7.45. The molecule has 1 fully saturated rings. The smallest absolute Gasteiger partial charge is 0.185 e. The maximum Gasteiger partial charge on any atom is 0.185 e. The third-order valence-corrected chi connectivity index (χ3v) is 5.06. The number of aromatic nitrogens is 1. The normalized spacial score (nSPS) is 18.9. The molecule has 0 aromatic carbocycles. The largest absolute Gasteiger partial charge is 0.348 e. The van der Waals surface area contributed by atoms with Gasteiger partial charge in [0, 0.05) is 25.0 Å². The first-order valence-electron chi connectivity index (χ1n) is 6.57. The van der Waals surface area contributed by atoms with Crippen molar-refractivity contribution < 1.29 is 0 Å². The Morgan fingerprint density at radius 1 is 1.47 bits per heavy atom. The molecule has 96 valence electrons. The molecule has 1 aliphatic heterocycles. The number of thiazole rings is 1. The third-order valence-electron chi connectivity index (χ3n) is 4.11. The number of rotatable bonds is 5. The quantitative estimate of drug-likeness (QED) is 0.874. The van der Waals surface area contributed by atoms with E-state index in [0.29, 0.717) is 5.41 Å². The number of anilines is 1. The topological polar surface area (TPSA) is 28.2 Å². The second kappa shape index (κ2) is 5.36. The minimum Gasteiger partial charge on any atom is -0.348 e. The first kappa shape index (κ1) is 12.8. The second-order valence-electron chi connectivity index (χ2n) is 5.03. The molecule has 1 aromatic heterocycles. The van der Waals surface area contributed by atoms with Crippen LogP contribution in [0.4, 0.5) is 5.13 Å². The average Bonchev–Trinajstić information content (AvgIpc) is 2.96. The highest BCUT2D eigenvalue weighted by Crippen LogP contribution is 2.39. The van der Waals surface area contributed by atoms with E-state index in [1.807, 2.05) is 7.05 Å². The van der Waals surface area contributed by atoms with E-state index in [1.165, 1.54) is 37.5 Å². The molecule has 17 heavy (non-hydrogen) atoms. The molecular weight excluding hydrogens is 230 g/mol. The number of hydrogen-bond donors (Lipinski definition) is 1. The van der Waals surface area contributed by atoms with Gasteiger partial charge < -0.3 is 10.2 Å². The van der Waals surface area contributed by atoms with Crippen molar-refractivity contribution in [3.05, 3.63) is 11.1 Å². The average molecular weight is 253 g/mol. The van der Waals surface area contributed by atoms with E-state index in [4.69, 9.17) is 4.98 Å². The van der Waals surface area contributed by atoms with E-state index in [2.05, 4.69) is 29.4 Å². The summed E-state index contributed by atoms with van der Waals surface area (Å²) in [6.45, 7) is 7.88. The lowest BCUT2D eigenvalue weighted by Gasteiger charge is -2.26. The minimum absolute atomic E-state index is 0.537. The van der Waals surface area contributed by atoms with Gasteiger partial charge in [-0.2, -0.15) is 0 Å². The zero-order valence-electron chi connectivity index (χ0n) is 11.1. The van der Waals surface area contributed by atoms with Crippen LogP contribution in [0.15, 0.2) is 5.38 Å². The fraction of sp³-hybridized carbons (Fsp3) is 0.769. The van der Waals surface area contributed by atoms with Crippen molar-refractivity contribution in [1.82, 2.24) is 10.3 Å². The van der Waals surface area contributed by atoms with Gasteiger partial charge in [-0.05, 0) is 31.7 Å². The molecule has 1 aliphatic rings. The van der Waals surface area contributed by atoms with Crippen molar-refractivity contribution in [1.29, 1.82) is 0 Å². The molecule has 0 radical (unpaired) electrons. The highest BCUT2D eigenvalue weighted by Gasteiger charge is 2.35.